The quantitative estimate of drug-likeness (QED) is 0.360. The van der Waals surface area contributed by atoms with Crippen LogP contribution >= 0.6 is 12.6 Å². The van der Waals surface area contributed by atoms with Crippen LogP contribution in [0, 0.1) is 0 Å². The Balaban J connectivity index is 2.19. The van der Waals surface area contributed by atoms with Crippen LogP contribution < -0.4 is 0 Å². The molecule has 0 aromatic carbocycles. The molecule has 0 saturated carbocycles. The van der Waals surface area contributed by atoms with Crippen LogP contribution in [0.2, 0.25) is 0 Å². The topological polar surface area (TPSA) is 9.23 Å². The minimum Gasteiger partial charge on any atom is -0.427 e. The minimum absolute atomic E-state index is 0.815. The minimum atomic E-state index is 0.815. The summed E-state index contributed by atoms with van der Waals surface area (Å²) >= 11 is 3.90. The zero-order chi connectivity index (χ0) is 4.12. The van der Waals surface area contributed by atoms with Crippen LogP contribution in [0.15, 0.2) is 0 Å². The molecule has 1 nitrogen and oxygen atoms in total. The molecule has 0 N–H and O–H groups in total. The van der Waals surface area contributed by atoms with Gasteiger partial charge in [0.1, 0.15) is 10.5 Å². The fourth-order valence-corrected chi connectivity index (χ4v) is 0.822. The maximum atomic E-state index is 4.75. The predicted molar refractivity (Wildman–Crippen MR) is 29.7 cm³/mol. The molecule has 0 unspecified atom stereocenters. The second-order valence-electron chi connectivity index (χ2n) is 0.716. The van der Waals surface area contributed by atoms with Crippen molar-refractivity contribution in [3.05, 3.63) is 0 Å². The zero-order valence-electron chi connectivity index (χ0n) is 3.27. The molecule has 3 heteroatoms. The van der Waals surface area contributed by atoms with Crippen molar-refractivity contribution in [1.82, 2.24) is 0 Å². The Kier molecular flexibility index (Phi) is 5.00. The normalized spacial score (nSPS) is 9.00. The lowest BCUT2D eigenvalue weighted by molar-refractivity contribution is 0.380. The van der Waals surface area contributed by atoms with Gasteiger partial charge in [-0.15, -0.1) is 0 Å². The first-order chi connectivity index (χ1) is 2.41. The van der Waals surface area contributed by atoms with E-state index in [9.17, 15) is 0 Å². The average Bonchev–Trinajstić information content (AvgIpc) is 1.41. The molecule has 0 aliphatic heterocycles. The third kappa shape index (κ3) is 4.53. The van der Waals surface area contributed by atoms with Crippen LogP contribution in [-0.2, 0) is 4.43 Å². The van der Waals surface area contributed by atoms with Crippen LogP contribution in [0.3, 0.4) is 0 Å². The van der Waals surface area contributed by atoms with Gasteiger partial charge in [-0.05, 0) is 0 Å². The van der Waals surface area contributed by atoms with E-state index in [4.69, 9.17) is 4.43 Å². The summed E-state index contributed by atoms with van der Waals surface area (Å²) in [5, 5.41) is 0. The fourth-order valence-electron chi connectivity index (χ4n) is 0.0913. The summed E-state index contributed by atoms with van der Waals surface area (Å²) < 4.78 is 4.75. The summed E-state index contributed by atoms with van der Waals surface area (Å²) in [4.78, 5) is 0. The fraction of sp³-hybridized carbons (Fsp3) is 1.00. The largest absolute Gasteiger partial charge is 0.427 e. The van der Waals surface area contributed by atoms with Gasteiger partial charge in [0.15, 0.2) is 0 Å². The molecule has 0 rings (SSSR count). The molecule has 0 fully saturated rings. The van der Waals surface area contributed by atoms with Crippen LogP contribution in [0.5, 0.6) is 0 Å². The zero-order valence-corrected chi connectivity index (χ0v) is 6.16. The summed E-state index contributed by atoms with van der Waals surface area (Å²) in [5.41, 5.74) is 0. The molecule has 0 spiro atoms. The highest BCUT2D eigenvalue weighted by Crippen LogP contribution is 1.68. The van der Waals surface area contributed by atoms with Gasteiger partial charge in [0.2, 0.25) is 0 Å². The van der Waals surface area contributed by atoms with E-state index >= 15 is 0 Å². The van der Waals surface area contributed by atoms with E-state index in [1.54, 1.807) is 0 Å². The SMILES string of the molecule is [SiH3]OCCS. The lowest BCUT2D eigenvalue weighted by Gasteiger charge is -1.84. The van der Waals surface area contributed by atoms with Crippen molar-refractivity contribution < 1.29 is 4.43 Å². The molecular formula is C2H8OSSi. The van der Waals surface area contributed by atoms with Gasteiger partial charge in [-0.1, -0.05) is 0 Å². The number of rotatable bonds is 2. The summed E-state index contributed by atoms with van der Waals surface area (Å²) in [6.07, 6.45) is 0. The van der Waals surface area contributed by atoms with Crippen molar-refractivity contribution in [1.29, 1.82) is 0 Å². The van der Waals surface area contributed by atoms with Crippen molar-refractivity contribution in [2.75, 3.05) is 12.4 Å². The third-order valence-electron chi connectivity index (χ3n) is 0.295. The Hall–Kier alpha value is 0.527. The van der Waals surface area contributed by atoms with E-state index in [-0.39, 0.29) is 0 Å². The molecule has 0 bridgehead atoms. The van der Waals surface area contributed by atoms with Crippen molar-refractivity contribution in [3.63, 3.8) is 0 Å². The van der Waals surface area contributed by atoms with Crippen molar-refractivity contribution >= 4 is 23.1 Å². The van der Waals surface area contributed by atoms with E-state index in [0.717, 1.165) is 22.8 Å². The first kappa shape index (κ1) is 5.53. The van der Waals surface area contributed by atoms with Gasteiger partial charge in [0, 0.05) is 12.4 Å². The molecule has 0 radical (unpaired) electrons. The molecule has 0 aromatic heterocycles. The monoisotopic (exact) mass is 108 g/mol. The predicted octanol–water partition coefficient (Wildman–Crippen LogP) is -0.787. The smallest absolute Gasteiger partial charge is 0.146 e. The Labute approximate surface area is 40.7 Å². The van der Waals surface area contributed by atoms with Gasteiger partial charge in [0.25, 0.3) is 0 Å². The van der Waals surface area contributed by atoms with Crippen LogP contribution in [0.25, 0.3) is 0 Å². The lowest BCUT2D eigenvalue weighted by atomic mass is 10.9. The molecule has 0 aliphatic carbocycles. The number of hydrogen-bond acceptors (Lipinski definition) is 2. The standard InChI is InChI=1S/C2H8OSSi/c4-2-1-3-5/h4H,1-2H2,5H3. The number of hydrogen-bond donors (Lipinski definition) is 1. The van der Waals surface area contributed by atoms with Gasteiger partial charge in [-0.25, -0.2) is 0 Å². The summed E-state index contributed by atoms with van der Waals surface area (Å²) in [5.74, 6) is 0.851. The first-order valence-corrected chi connectivity index (χ1v) is 2.96. The molecule has 0 aliphatic rings. The summed E-state index contributed by atoms with van der Waals surface area (Å²) in [6.45, 7) is 0.815. The molecule has 0 aromatic rings. The first-order valence-electron chi connectivity index (χ1n) is 1.51. The van der Waals surface area contributed by atoms with E-state index < -0.39 is 0 Å². The molecular weight excluding hydrogens is 100 g/mol. The third-order valence-corrected chi connectivity index (χ3v) is 0.886. The Morgan fingerprint density at radius 3 is 2.40 bits per heavy atom. The molecule has 0 amide bonds. The molecule has 5 heavy (non-hydrogen) atoms. The number of thiol groups is 1. The van der Waals surface area contributed by atoms with Crippen LogP contribution in [-0.4, -0.2) is 22.8 Å². The second-order valence-corrected chi connectivity index (χ2v) is 1.74. The highest BCUT2D eigenvalue weighted by atomic mass is 32.1. The maximum Gasteiger partial charge on any atom is 0.146 e. The van der Waals surface area contributed by atoms with E-state index in [1.807, 2.05) is 0 Å². The Bertz CT molecular complexity index is 17.1. The Morgan fingerprint density at radius 1 is 1.80 bits per heavy atom. The summed E-state index contributed by atoms with van der Waals surface area (Å²) in [7, 11) is 0.850. The second kappa shape index (κ2) is 4.53. The van der Waals surface area contributed by atoms with Gasteiger partial charge in [0.05, 0.1) is 0 Å². The van der Waals surface area contributed by atoms with E-state index in [0.29, 0.717) is 0 Å². The van der Waals surface area contributed by atoms with E-state index in [2.05, 4.69) is 12.6 Å². The van der Waals surface area contributed by atoms with Crippen molar-refractivity contribution in [2.45, 2.75) is 0 Å². The van der Waals surface area contributed by atoms with Gasteiger partial charge < -0.3 is 4.43 Å². The molecule has 32 valence electrons. The van der Waals surface area contributed by atoms with Gasteiger partial charge in [-0.3, -0.25) is 0 Å². The highest BCUT2D eigenvalue weighted by Gasteiger charge is 1.66. The summed E-state index contributed by atoms with van der Waals surface area (Å²) in [6, 6.07) is 0. The van der Waals surface area contributed by atoms with E-state index in [1.165, 1.54) is 0 Å². The molecule has 0 atom stereocenters. The average molecular weight is 108 g/mol. The van der Waals surface area contributed by atoms with Crippen LogP contribution in [0.1, 0.15) is 0 Å². The molecule has 0 saturated heterocycles. The highest BCUT2D eigenvalue weighted by molar-refractivity contribution is 7.80. The van der Waals surface area contributed by atoms with Gasteiger partial charge >= 0.3 is 0 Å². The van der Waals surface area contributed by atoms with Crippen LogP contribution in [0.4, 0.5) is 0 Å². The lowest BCUT2D eigenvalue weighted by Crippen LogP contribution is -1.87. The Morgan fingerprint density at radius 2 is 2.40 bits per heavy atom. The molecule has 0 heterocycles. The van der Waals surface area contributed by atoms with Crippen molar-refractivity contribution in [3.8, 4) is 0 Å². The van der Waals surface area contributed by atoms with Gasteiger partial charge in [-0.2, -0.15) is 12.6 Å². The maximum absolute atomic E-state index is 4.75. The van der Waals surface area contributed by atoms with Crippen molar-refractivity contribution in [2.24, 2.45) is 0 Å².